The second-order valence-corrected chi connectivity index (χ2v) is 6.53. The molecule has 0 spiro atoms. The fourth-order valence-electron chi connectivity index (χ4n) is 3.28. The summed E-state index contributed by atoms with van der Waals surface area (Å²) in [7, 11) is 0. The van der Waals surface area contributed by atoms with E-state index in [4.69, 9.17) is 9.84 Å². The summed E-state index contributed by atoms with van der Waals surface area (Å²) in [5.74, 6) is -1.33. The third-order valence-electron chi connectivity index (χ3n) is 4.55. The Balaban J connectivity index is 1.73. The summed E-state index contributed by atoms with van der Waals surface area (Å²) >= 11 is 0. The van der Waals surface area contributed by atoms with Gasteiger partial charge in [-0.2, -0.15) is 0 Å². The Hall–Kier alpha value is -2.82. The summed E-state index contributed by atoms with van der Waals surface area (Å²) in [6.07, 6.45) is -0.706. The molecule has 0 saturated heterocycles. The van der Waals surface area contributed by atoms with Gasteiger partial charge in [0, 0.05) is 5.92 Å². The first-order valence-electron chi connectivity index (χ1n) is 8.33. The number of amides is 1. The van der Waals surface area contributed by atoms with Gasteiger partial charge in [0.25, 0.3) is 0 Å². The predicted octanol–water partition coefficient (Wildman–Crippen LogP) is 3.63. The van der Waals surface area contributed by atoms with E-state index >= 15 is 0 Å². The highest BCUT2D eigenvalue weighted by atomic mass is 16.6. The van der Waals surface area contributed by atoms with Gasteiger partial charge in [0.05, 0.1) is 0 Å². The molecule has 0 aliphatic heterocycles. The van der Waals surface area contributed by atoms with Crippen molar-refractivity contribution in [3.63, 3.8) is 0 Å². The number of nitrogens with one attached hydrogen (secondary N) is 1. The van der Waals surface area contributed by atoms with Crippen molar-refractivity contribution >= 4 is 12.1 Å². The van der Waals surface area contributed by atoms with Gasteiger partial charge >= 0.3 is 12.1 Å². The van der Waals surface area contributed by atoms with Gasteiger partial charge in [0.15, 0.2) is 0 Å². The third kappa shape index (κ3) is 3.36. The lowest BCUT2D eigenvalue weighted by Gasteiger charge is -2.19. The minimum Gasteiger partial charge on any atom is -0.480 e. The Morgan fingerprint density at radius 3 is 2.04 bits per heavy atom. The van der Waals surface area contributed by atoms with E-state index in [-0.39, 0.29) is 18.4 Å². The van der Waals surface area contributed by atoms with Gasteiger partial charge < -0.3 is 15.2 Å². The highest BCUT2D eigenvalue weighted by molar-refractivity contribution is 5.81. The molecule has 2 aromatic rings. The molecule has 0 aromatic heterocycles. The lowest BCUT2D eigenvalue weighted by Crippen LogP contribution is -2.44. The van der Waals surface area contributed by atoms with Crippen LogP contribution in [0.1, 0.15) is 30.9 Å². The first kappa shape index (κ1) is 17.0. The topological polar surface area (TPSA) is 75.6 Å². The van der Waals surface area contributed by atoms with E-state index in [0.717, 1.165) is 22.3 Å². The normalized spacial score (nSPS) is 13.9. The molecule has 1 unspecified atom stereocenters. The van der Waals surface area contributed by atoms with Gasteiger partial charge in [-0.05, 0) is 28.2 Å². The summed E-state index contributed by atoms with van der Waals surface area (Å²) in [5.41, 5.74) is 4.54. The summed E-state index contributed by atoms with van der Waals surface area (Å²) in [6, 6.07) is 15.2. The van der Waals surface area contributed by atoms with Crippen LogP contribution < -0.4 is 5.32 Å². The molecule has 2 aromatic carbocycles. The summed E-state index contributed by atoms with van der Waals surface area (Å²) in [6.45, 7) is 3.65. The maximum Gasteiger partial charge on any atom is 0.407 e. The van der Waals surface area contributed by atoms with Crippen LogP contribution in [0.25, 0.3) is 11.1 Å². The minimum atomic E-state index is -1.07. The van der Waals surface area contributed by atoms with Gasteiger partial charge in [-0.1, -0.05) is 62.4 Å². The van der Waals surface area contributed by atoms with Crippen molar-refractivity contribution in [2.75, 3.05) is 6.61 Å². The molecule has 5 nitrogen and oxygen atoms in total. The zero-order valence-electron chi connectivity index (χ0n) is 14.2. The summed E-state index contributed by atoms with van der Waals surface area (Å²) in [5, 5.41) is 11.6. The van der Waals surface area contributed by atoms with Crippen LogP contribution in [0.5, 0.6) is 0 Å². The maximum atomic E-state index is 12.0. The summed E-state index contributed by atoms with van der Waals surface area (Å²) < 4.78 is 5.36. The van der Waals surface area contributed by atoms with E-state index in [1.165, 1.54) is 0 Å². The predicted molar refractivity (Wildman–Crippen MR) is 94.5 cm³/mol. The number of hydrogen-bond acceptors (Lipinski definition) is 3. The second-order valence-electron chi connectivity index (χ2n) is 6.53. The van der Waals surface area contributed by atoms with Crippen molar-refractivity contribution in [3.05, 3.63) is 59.7 Å². The lowest BCUT2D eigenvalue weighted by molar-refractivity contribution is -0.140. The Kier molecular flexibility index (Phi) is 4.74. The van der Waals surface area contributed by atoms with Crippen molar-refractivity contribution in [2.45, 2.75) is 25.8 Å². The molecule has 0 heterocycles. The molecule has 0 saturated carbocycles. The molecule has 0 bridgehead atoms. The number of aliphatic carboxylic acids is 1. The van der Waals surface area contributed by atoms with E-state index in [1.54, 1.807) is 13.8 Å². The van der Waals surface area contributed by atoms with Crippen molar-refractivity contribution in [1.82, 2.24) is 5.32 Å². The molecule has 5 heteroatoms. The molecule has 1 amide bonds. The number of alkyl carbamates (subject to hydrolysis) is 1. The van der Waals surface area contributed by atoms with Gasteiger partial charge in [0.1, 0.15) is 12.6 Å². The van der Waals surface area contributed by atoms with Crippen molar-refractivity contribution in [2.24, 2.45) is 5.92 Å². The fraction of sp³-hybridized carbons (Fsp3) is 0.300. The average Bonchev–Trinajstić information content (AvgIpc) is 2.91. The Morgan fingerprint density at radius 2 is 1.56 bits per heavy atom. The van der Waals surface area contributed by atoms with Gasteiger partial charge in [-0.15, -0.1) is 0 Å². The second kappa shape index (κ2) is 6.97. The average molecular weight is 340 g/mol. The lowest BCUT2D eigenvalue weighted by atomic mass is 9.98. The van der Waals surface area contributed by atoms with E-state index in [9.17, 15) is 9.59 Å². The van der Waals surface area contributed by atoms with E-state index in [2.05, 4.69) is 17.4 Å². The molecule has 1 aliphatic rings. The van der Waals surface area contributed by atoms with Crippen LogP contribution in [-0.2, 0) is 9.53 Å². The number of benzene rings is 2. The van der Waals surface area contributed by atoms with Gasteiger partial charge in [0.2, 0.25) is 0 Å². The molecular weight excluding hydrogens is 319 g/mol. The van der Waals surface area contributed by atoms with Crippen molar-refractivity contribution < 1.29 is 19.4 Å². The molecule has 1 atom stereocenters. The van der Waals surface area contributed by atoms with E-state index in [1.807, 2.05) is 36.4 Å². The standard InChI is InChI=1S/C20H21NO4/c1-12(2)18(19(22)23)21-20(24)25-11-17-15-9-5-3-7-13(15)14-8-4-6-10-16(14)17/h3-10,12,17-18H,11H2,1-2H3,(H,21,24)(H,22,23)/i21+1. The smallest absolute Gasteiger partial charge is 0.407 e. The number of ether oxygens (including phenoxy) is 1. The minimum absolute atomic E-state index is 0.0412. The first-order chi connectivity index (χ1) is 12.0. The molecule has 1 aliphatic carbocycles. The van der Waals surface area contributed by atoms with Gasteiger partial charge in [-0.25, -0.2) is 9.59 Å². The summed E-state index contributed by atoms with van der Waals surface area (Å²) in [4.78, 5) is 23.2. The highest BCUT2D eigenvalue weighted by Gasteiger charge is 2.30. The number of carbonyl (C=O) groups excluding carboxylic acids is 1. The zero-order valence-corrected chi connectivity index (χ0v) is 14.2. The van der Waals surface area contributed by atoms with E-state index in [0.29, 0.717) is 0 Å². The molecule has 2 N–H and O–H groups in total. The van der Waals surface area contributed by atoms with Gasteiger partial charge in [-0.3, -0.25) is 0 Å². The largest absolute Gasteiger partial charge is 0.480 e. The van der Waals surface area contributed by atoms with Crippen LogP contribution in [0.2, 0.25) is 0 Å². The fourth-order valence-corrected chi connectivity index (χ4v) is 3.28. The molecule has 0 fully saturated rings. The molecule has 3 rings (SSSR count). The zero-order chi connectivity index (χ0) is 18.0. The molecule has 0 radical (unpaired) electrons. The van der Waals surface area contributed by atoms with Crippen LogP contribution in [-0.4, -0.2) is 29.8 Å². The van der Waals surface area contributed by atoms with E-state index < -0.39 is 18.1 Å². The number of fused-ring (bicyclic) bond motifs is 3. The number of rotatable bonds is 5. The number of carbonyl (C=O) groups is 2. The van der Waals surface area contributed by atoms with Crippen LogP contribution >= 0.6 is 0 Å². The number of carboxylic acids is 1. The Morgan fingerprint density at radius 1 is 1.04 bits per heavy atom. The quantitative estimate of drug-likeness (QED) is 0.815. The number of hydrogen-bond donors (Lipinski definition) is 2. The van der Waals surface area contributed by atoms with Crippen molar-refractivity contribution in [1.29, 1.82) is 0 Å². The van der Waals surface area contributed by atoms with Crippen LogP contribution in [0, 0.1) is 5.92 Å². The monoisotopic (exact) mass is 340 g/mol. The molecule has 25 heavy (non-hydrogen) atoms. The van der Waals surface area contributed by atoms with Crippen LogP contribution in [0.3, 0.4) is 0 Å². The highest BCUT2D eigenvalue weighted by Crippen LogP contribution is 2.44. The Labute approximate surface area is 146 Å². The first-order valence-corrected chi connectivity index (χ1v) is 8.33. The Bertz CT molecular complexity index is 754. The molecule has 130 valence electrons. The SMILES string of the molecule is CC(C)C([15NH]C(=O)OCC1c2ccccc2-c2ccccc21)C(=O)O. The molecular formula is C20H21NO4. The van der Waals surface area contributed by atoms with Crippen LogP contribution in [0.4, 0.5) is 4.79 Å². The van der Waals surface area contributed by atoms with Crippen molar-refractivity contribution in [3.8, 4) is 11.1 Å². The number of carboxylic acid groups (broad SMARTS) is 1. The third-order valence-corrected chi connectivity index (χ3v) is 4.55. The maximum absolute atomic E-state index is 12.0. The van der Waals surface area contributed by atoms with Crippen LogP contribution in [0.15, 0.2) is 48.5 Å².